The molecule has 1 heterocycles. The molecule has 0 unspecified atom stereocenters. The summed E-state index contributed by atoms with van der Waals surface area (Å²) < 4.78 is 0.913. The first kappa shape index (κ1) is 8.31. The van der Waals surface area contributed by atoms with Gasteiger partial charge in [-0.2, -0.15) is 0 Å². The second kappa shape index (κ2) is 2.88. The normalized spacial score (nSPS) is 13.2. The van der Waals surface area contributed by atoms with Crippen molar-refractivity contribution in [2.24, 2.45) is 5.73 Å². The van der Waals surface area contributed by atoms with E-state index in [-0.39, 0.29) is 0 Å². The van der Waals surface area contributed by atoms with Crippen molar-refractivity contribution in [2.45, 2.75) is 0 Å². The maximum absolute atomic E-state index is 11.0. The van der Waals surface area contributed by atoms with Crippen LogP contribution in [0.5, 0.6) is 0 Å². The molecule has 0 bridgehead atoms. The highest BCUT2D eigenvalue weighted by Gasteiger charge is 2.19. The zero-order valence-electron chi connectivity index (χ0n) is 6.62. The molecule has 1 aromatic rings. The topological polar surface area (TPSA) is 57.2 Å². The van der Waals surface area contributed by atoms with E-state index < -0.39 is 5.91 Å². The highest BCUT2D eigenvalue weighted by molar-refractivity contribution is 9.10. The van der Waals surface area contributed by atoms with Crippen LogP contribution in [0.15, 0.2) is 28.9 Å². The molecule has 1 radical (unpaired) electrons. The van der Waals surface area contributed by atoms with E-state index in [1.54, 1.807) is 0 Å². The number of rotatable bonds is 1. The van der Waals surface area contributed by atoms with Crippen molar-refractivity contribution in [1.82, 2.24) is 5.32 Å². The summed E-state index contributed by atoms with van der Waals surface area (Å²) in [4.78, 5) is 11.0. The van der Waals surface area contributed by atoms with Gasteiger partial charge in [-0.1, -0.05) is 15.9 Å². The lowest BCUT2D eigenvalue weighted by atomic mass is 10.1. The largest absolute Gasteiger partial charge is 0.366 e. The molecule has 0 spiro atoms. The molecule has 2 rings (SSSR count). The number of halogens is 1. The summed E-state index contributed by atoms with van der Waals surface area (Å²) in [6.45, 7) is 0. The van der Waals surface area contributed by atoms with E-state index in [1.807, 2.05) is 18.2 Å². The van der Waals surface area contributed by atoms with Gasteiger partial charge in [0, 0.05) is 16.2 Å². The second-order valence-electron chi connectivity index (χ2n) is 2.70. The fraction of sp³-hybridized carbons (Fsp3) is 0. The van der Waals surface area contributed by atoms with E-state index in [0.717, 1.165) is 15.7 Å². The number of benzene rings is 1. The molecule has 0 saturated heterocycles. The average molecular weight is 238 g/mol. The van der Waals surface area contributed by atoms with Crippen LogP contribution >= 0.6 is 15.9 Å². The van der Waals surface area contributed by atoms with E-state index in [1.165, 1.54) is 6.20 Å². The van der Waals surface area contributed by atoms with Crippen molar-refractivity contribution in [2.75, 3.05) is 0 Å². The van der Waals surface area contributed by atoms with Crippen molar-refractivity contribution < 1.29 is 4.79 Å². The van der Waals surface area contributed by atoms with Crippen molar-refractivity contribution in [3.05, 3.63) is 34.4 Å². The molecule has 1 amide bonds. The van der Waals surface area contributed by atoms with Crippen LogP contribution in [-0.4, -0.2) is 5.91 Å². The van der Waals surface area contributed by atoms with Gasteiger partial charge in [0.2, 0.25) is 0 Å². The molecule has 1 aliphatic heterocycles. The highest BCUT2D eigenvalue weighted by atomic mass is 79.9. The number of nitrogens with two attached hydrogens (primary N) is 1. The number of hydrogen-bond donors (Lipinski definition) is 1. The molecule has 0 atom stereocenters. The Morgan fingerprint density at radius 1 is 1.46 bits per heavy atom. The van der Waals surface area contributed by atoms with Crippen LogP contribution in [0.1, 0.15) is 5.56 Å². The molecule has 0 saturated carbocycles. The van der Waals surface area contributed by atoms with Crippen molar-refractivity contribution in [3.8, 4) is 0 Å². The van der Waals surface area contributed by atoms with E-state index in [2.05, 4.69) is 21.2 Å². The lowest BCUT2D eigenvalue weighted by Crippen LogP contribution is -2.11. The van der Waals surface area contributed by atoms with Gasteiger partial charge in [-0.3, -0.25) is 10.1 Å². The Morgan fingerprint density at radius 3 is 2.92 bits per heavy atom. The molecule has 0 aromatic heterocycles. The second-order valence-corrected chi connectivity index (χ2v) is 3.61. The number of carbonyl (C=O) groups excluding carboxylic acids is 1. The van der Waals surface area contributed by atoms with Crippen LogP contribution < -0.4 is 11.1 Å². The van der Waals surface area contributed by atoms with Gasteiger partial charge in [-0.05, 0) is 18.2 Å². The minimum atomic E-state index is -0.444. The summed E-state index contributed by atoms with van der Waals surface area (Å²) in [5.41, 5.74) is 7.23. The van der Waals surface area contributed by atoms with Gasteiger partial charge in [0.1, 0.15) is 0 Å². The molecule has 1 aliphatic rings. The van der Waals surface area contributed by atoms with Crippen LogP contribution in [0.4, 0.5) is 5.69 Å². The number of hydrogen-bond acceptors (Lipinski definition) is 1. The zero-order chi connectivity index (χ0) is 9.42. The van der Waals surface area contributed by atoms with Gasteiger partial charge in [0.25, 0.3) is 5.91 Å². The third-order valence-corrected chi connectivity index (χ3v) is 2.34. The summed E-state index contributed by atoms with van der Waals surface area (Å²) in [5, 5.41) is 4.06. The minimum Gasteiger partial charge on any atom is -0.366 e. The van der Waals surface area contributed by atoms with Gasteiger partial charge in [0.15, 0.2) is 0 Å². The van der Waals surface area contributed by atoms with Gasteiger partial charge >= 0.3 is 0 Å². The third kappa shape index (κ3) is 1.33. The Kier molecular flexibility index (Phi) is 1.84. The average Bonchev–Trinajstić information content (AvgIpc) is 2.46. The van der Waals surface area contributed by atoms with E-state index in [0.29, 0.717) is 5.57 Å². The molecule has 13 heavy (non-hydrogen) atoms. The minimum absolute atomic E-state index is 0.444. The summed E-state index contributed by atoms with van der Waals surface area (Å²) in [6, 6.07) is 5.55. The predicted molar refractivity (Wildman–Crippen MR) is 53.1 cm³/mol. The smallest absolute Gasteiger partial charge is 0.250 e. The van der Waals surface area contributed by atoms with E-state index >= 15 is 0 Å². The first-order valence-corrected chi connectivity index (χ1v) is 4.48. The van der Waals surface area contributed by atoms with Crippen LogP contribution in [0.25, 0.3) is 5.57 Å². The Morgan fingerprint density at radius 2 is 2.23 bits per heavy atom. The molecule has 65 valence electrons. The van der Waals surface area contributed by atoms with Crippen LogP contribution in [0.3, 0.4) is 0 Å². The van der Waals surface area contributed by atoms with E-state index in [9.17, 15) is 4.79 Å². The lowest BCUT2D eigenvalue weighted by molar-refractivity contribution is -0.112. The number of carbonyl (C=O) groups is 1. The Bertz CT molecular complexity index is 412. The van der Waals surface area contributed by atoms with E-state index in [4.69, 9.17) is 5.73 Å². The molecular formula is C9H6BrN2O. The van der Waals surface area contributed by atoms with Crippen LogP contribution in [0.2, 0.25) is 0 Å². The Balaban J connectivity index is 2.54. The van der Waals surface area contributed by atoms with Gasteiger partial charge in [-0.25, -0.2) is 0 Å². The number of fused-ring (bicyclic) bond motifs is 1. The Labute approximate surface area is 83.7 Å². The predicted octanol–water partition coefficient (Wildman–Crippen LogP) is 1.52. The third-order valence-electron chi connectivity index (χ3n) is 1.85. The maximum atomic E-state index is 11.0. The monoisotopic (exact) mass is 237 g/mol. The molecule has 3 nitrogen and oxygen atoms in total. The number of amides is 1. The first-order valence-electron chi connectivity index (χ1n) is 3.69. The lowest BCUT2D eigenvalue weighted by Gasteiger charge is -2.00. The van der Waals surface area contributed by atoms with Gasteiger partial charge in [0.05, 0.1) is 11.3 Å². The van der Waals surface area contributed by atoms with Crippen molar-refractivity contribution >= 4 is 33.1 Å². The number of nitrogens with zero attached hydrogens (tertiary/aromatic N) is 1. The van der Waals surface area contributed by atoms with Crippen LogP contribution in [0, 0.1) is 0 Å². The Hall–Kier alpha value is -1.29. The highest BCUT2D eigenvalue weighted by Crippen LogP contribution is 2.31. The molecule has 0 aliphatic carbocycles. The summed E-state index contributed by atoms with van der Waals surface area (Å²) in [7, 11) is 0. The summed E-state index contributed by atoms with van der Waals surface area (Å²) >= 11 is 3.32. The first-order chi connectivity index (χ1) is 6.18. The molecule has 0 fully saturated rings. The van der Waals surface area contributed by atoms with Crippen molar-refractivity contribution in [3.63, 3.8) is 0 Å². The number of primary amides is 1. The standard InChI is InChI=1S/C9H6BrN2O/c10-5-1-2-8-6(3-5)7(4-12-8)9(11)13/h1-4H,(H2,11,13). The maximum Gasteiger partial charge on any atom is 0.250 e. The quantitative estimate of drug-likeness (QED) is 0.792. The van der Waals surface area contributed by atoms with Crippen LogP contribution in [-0.2, 0) is 4.79 Å². The van der Waals surface area contributed by atoms with Gasteiger partial charge < -0.3 is 5.73 Å². The fourth-order valence-electron chi connectivity index (χ4n) is 1.24. The van der Waals surface area contributed by atoms with Gasteiger partial charge in [-0.15, -0.1) is 0 Å². The molecule has 1 aromatic carbocycles. The zero-order valence-corrected chi connectivity index (χ0v) is 8.21. The molecular weight excluding hydrogens is 232 g/mol. The summed E-state index contributed by atoms with van der Waals surface area (Å²) in [5.74, 6) is -0.444. The molecule has 4 heteroatoms. The summed E-state index contributed by atoms with van der Waals surface area (Å²) in [6.07, 6.45) is 1.50. The van der Waals surface area contributed by atoms with Crippen molar-refractivity contribution in [1.29, 1.82) is 0 Å². The molecule has 2 N–H and O–H groups in total. The SMILES string of the molecule is NC(=O)C1=C[N]c2ccc(Br)cc21. The fourth-order valence-corrected chi connectivity index (χ4v) is 1.60.